The molecule has 4 aliphatic rings. The minimum absolute atomic E-state index is 0. The van der Waals surface area contributed by atoms with Crippen molar-refractivity contribution in [3.63, 3.8) is 0 Å². The van der Waals surface area contributed by atoms with Crippen LogP contribution in [0.15, 0.2) is 59.5 Å². The van der Waals surface area contributed by atoms with Gasteiger partial charge in [0, 0.05) is 35.5 Å². The summed E-state index contributed by atoms with van der Waals surface area (Å²) in [6, 6.07) is 8.56. The molecule has 2 aromatic rings. The molecule has 6 rings (SSSR count). The van der Waals surface area contributed by atoms with Crippen LogP contribution in [0.25, 0.3) is 0 Å². The number of rotatable bonds is 4. The molecule has 4 amide bonds. The number of ether oxygens (including phenoxy) is 2. The first-order chi connectivity index (χ1) is 22.9. The number of fused-ring (bicyclic) bond motifs is 3. The van der Waals surface area contributed by atoms with Gasteiger partial charge in [-0.3, -0.25) is 19.3 Å². The van der Waals surface area contributed by atoms with Gasteiger partial charge in [-0.05, 0) is 60.7 Å². The Labute approximate surface area is 299 Å². The number of nitrogens with zero attached hydrogens (tertiary/aromatic N) is 2. The molecule has 0 radical (unpaired) electrons. The second-order valence-electron chi connectivity index (χ2n) is 12.4. The molecule has 1 saturated heterocycles. The summed E-state index contributed by atoms with van der Waals surface area (Å²) in [5, 5.41) is 3.62. The van der Waals surface area contributed by atoms with Gasteiger partial charge in [0.25, 0.3) is 15.9 Å². The summed E-state index contributed by atoms with van der Waals surface area (Å²) < 4.78 is 39.7. The van der Waals surface area contributed by atoms with Gasteiger partial charge in [-0.2, -0.15) is 0 Å². The Bertz CT molecular complexity index is 1760. The molecule has 3 aliphatic heterocycles. The molecule has 4 N–H and O–H groups in total. The van der Waals surface area contributed by atoms with E-state index in [4.69, 9.17) is 38.4 Å². The van der Waals surface area contributed by atoms with Gasteiger partial charge in [0.15, 0.2) is 0 Å². The molecular weight excluding hydrogens is 721 g/mol. The molecule has 0 bridgehead atoms. The topological polar surface area (TPSA) is 177 Å². The molecule has 1 saturated carbocycles. The SMILES string of the molecule is Cl.N[C@H]1CCOCC/C=C\[C@@H]2C[C@@]2(C(=O)NS(=O)(=O)c2ccc(Cl)cc2)NC(=O)[C@@H]2C[C@@H](OC(=O)N3Cc4cccc(Cl)c4C3)CN2C1=O. The predicted octanol–water partition coefficient (Wildman–Crippen LogP) is 2.91. The predicted molar refractivity (Wildman–Crippen MR) is 181 cm³/mol. The third-order valence-corrected chi connectivity index (χ3v) is 11.1. The summed E-state index contributed by atoms with van der Waals surface area (Å²) in [5.41, 5.74) is 6.34. The number of nitrogens with two attached hydrogens (primary N) is 1. The Morgan fingerprint density at radius 3 is 2.57 bits per heavy atom. The van der Waals surface area contributed by atoms with Gasteiger partial charge >= 0.3 is 6.09 Å². The zero-order valence-electron chi connectivity index (χ0n) is 26.2. The van der Waals surface area contributed by atoms with Crippen molar-refractivity contribution < 1.29 is 37.1 Å². The van der Waals surface area contributed by atoms with Crippen molar-refractivity contribution in [2.24, 2.45) is 11.7 Å². The fraction of sp³-hybridized carbons (Fsp3) is 0.438. The maximum atomic E-state index is 14.0. The second kappa shape index (κ2) is 14.8. The average molecular weight is 757 g/mol. The molecule has 2 aromatic carbocycles. The highest BCUT2D eigenvalue weighted by molar-refractivity contribution is 7.90. The number of hydrogen-bond acceptors (Lipinski definition) is 9. The van der Waals surface area contributed by atoms with E-state index in [2.05, 4.69) is 10.0 Å². The van der Waals surface area contributed by atoms with Crippen molar-refractivity contribution in [3.05, 3.63) is 75.8 Å². The van der Waals surface area contributed by atoms with Gasteiger partial charge in [-0.1, -0.05) is 47.5 Å². The van der Waals surface area contributed by atoms with E-state index in [9.17, 15) is 27.6 Å². The average Bonchev–Trinajstić information content (AvgIpc) is 3.34. The minimum atomic E-state index is -4.31. The van der Waals surface area contributed by atoms with Crippen LogP contribution in [0, 0.1) is 5.92 Å². The van der Waals surface area contributed by atoms with E-state index in [1.807, 2.05) is 6.07 Å². The lowest BCUT2D eigenvalue weighted by Gasteiger charge is -2.28. The van der Waals surface area contributed by atoms with Crippen molar-refractivity contribution in [3.8, 4) is 0 Å². The van der Waals surface area contributed by atoms with Crippen molar-refractivity contribution in [2.75, 3.05) is 19.8 Å². The number of benzene rings is 2. The number of carbonyl (C=O) groups excluding carboxylic acids is 4. The number of amides is 4. The van der Waals surface area contributed by atoms with Crippen LogP contribution in [0.1, 0.15) is 36.8 Å². The van der Waals surface area contributed by atoms with Crippen molar-refractivity contribution in [1.29, 1.82) is 0 Å². The summed E-state index contributed by atoms with van der Waals surface area (Å²) in [5.74, 6) is -2.70. The minimum Gasteiger partial charge on any atom is -0.444 e. The van der Waals surface area contributed by atoms with Gasteiger partial charge in [0.05, 0.1) is 30.6 Å². The lowest BCUT2D eigenvalue weighted by molar-refractivity contribution is -0.140. The summed E-state index contributed by atoms with van der Waals surface area (Å²) in [6.07, 6.45) is 2.80. The number of halogens is 3. The van der Waals surface area contributed by atoms with Gasteiger partial charge in [0.1, 0.15) is 17.7 Å². The normalized spacial score (nSPS) is 27.7. The van der Waals surface area contributed by atoms with Crippen LogP contribution < -0.4 is 15.8 Å². The molecule has 2 fully saturated rings. The third-order valence-electron chi connectivity index (χ3n) is 9.10. The first kappa shape index (κ1) is 36.9. The molecule has 13 nitrogen and oxygen atoms in total. The van der Waals surface area contributed by atoms with Crippen LogP contribution in [0.5, 0.6) is 0 Å². The molecule has 1 aliphatic carbocycles. The molecule has 0 spiro atoms. The quantitative estimate of drug-likeness (QED) is 0.396. The molecule has 0 unspecified atom stereocenters. The van der Waals surface area contributed by atoms with Crippen LogP contribution in [0.3, 0.4) is 0 Å². The summed E-state index contributed by atoms with van der Waals surface area (Å²) in [7, 11) is -4.31. The lowest BCUT2D eigenvalue weighted by Crippen LogP contribution is -2.57. The van der Waals surface area contributed by atoms with Crippen molar-refractivity contribution in [2.45, 2.75) is 67.4 Å². The van der Waals surface area contributed by atoms with Gasteiger partial charge in [-0.25, -0.2) is 17.9 Å². The van der Waals surface area contributed by atoms with Crippen LogP contribution in [-0.4, -0.2) is 85.5 Å². The maximum absolute atomic E-state index is 14.0. The van der Waals surface area contributed by atoms with E-state index < -0.39 is 63.5 Å². The number of carbonyl (C=O) groups is 4. The van der Waals surface area contributed by atoms with E-state index in [1.54, 1.807) is 24.3 Å². The fourth-order valence-electron chi connectivity index (χ4n) is 6.33. The number of sulfonamides is 1. The second-order valence-corrected chi connectivity index (χ2v) is 14.9. The molecule has 264 valence electrons. The van der Waals surface area contributed by atoms with Gasteiger partial charge < -0.3 is 25.4 Å². The van der Waals surface area contributed by atoms with Gasteiger partial charge in [-0.15, -0.1) is 12.4 Å². The zero-order valence-corrected chi connectivity index (χ0v) is 29.3. The van der Waals surface area contributed by atoms with E-state index in [0.29, 0.717) is 29.6 Å². The first-order valence-corrected chi connectivity index (χ1v) is 17.8. The molecule has 0 aromatic heterocycles. The van der Waals surface area contributed by atoms with Crippen LogP contribution in [0.2, 0.25) is 10.0 Å². The lowest BCUT2D eigenvalue weighted by atomic mass is 10.1. The van der Waals surface area contributed by atoms with E-state index in [1.165, 1.54) is 34.1 Å². The third kappa shape index (κ3) is 7.84. The Morgan fingerprint density at radius 1 is 1.08 bits per heavy atom. The zero-order chi connectivity index (χ0) is 34.2. The van der Waals surface area contributed by atoms with Crippen molar-refractivity contribution >= 4 is 69.4 Å². The summed E-state index contributed by atoms with van der Waals surface area (Å²) in [6.45, 7) is 0.983. The highest BCUT2D eigenvalue weighted by atomic mass is 35.5. The van der Waals surface area contributed by atoms with E-state index >= 15 is 0 Å². The van der Waals surface area contributed by atoms with Crippen LogP contribution in [0.4, 0.5) is 4.79 Å². The Hall–Kier alpha value is -3.40. The van der Waals surface area contributed by atoms with Gasteiger partial charge in [0.2, 0.25) is 11.8 Å². The smallest absolute Gasteiger partial charge is 0.410 e. The highest BCUT2D eigenvalue weighted by Crippen LogP contribution is 2.46. The van der Waals surface area contributed by atoms with E-state index in [0.717, 1.165) is 11.1 Å². The summed E-state index contributed by atoms with van der Waals surface area (Å²) in [4.78, 5) is 57.0. The maximum Gasteiger partial charge on any atom is 0.410 e. The molecule has 3 heterocycles. The first-order valence-electron chi connectivity index (χ1n) is 15.5. The number of nitrogens with one attached hydrogen (secondary N) is 2. The monoisotopic (exact) mass is 755 g/mol. The number of hydrogen-bond donors (Lipinski definition) is 3. The Balaban J connectivity index is 0.00000468. The fourth-order valence-corrected chi connectivity index (χ4v) is 7.75. The molecular formula is C32H36Cl3N5O8S. The largest absolute Gasteiger partial charge is 0.444 e. The summed E-state index contributed by atoms with van der Waals surface area (Å²) >= 11 is 12.2. The Morgan fingerprint density at radius 2 is 1.84 bits per heavy atom. The molecule has 5 atom stereocenters. The van der Waals surface area contributed by atoms with Crippen LogP contribution in [-0.2, 0) is 47.0 Å². The standard InChI is InChI=1S/C32H35Cl2N5O8S.ClH/c33-21-7-9-23(10-8-21)48(44,45)37-30(42)32-15-20(32)5-1-2-12-46-13-11-26(35)29(41)39-17-22(14-27(39)28(40)36-32)47-31(43)38-16-19-4-3-6-25(34)24(19)18-38;/h1,3-10,20,22,26-27H,2,11-18,35H2,(H,36,40)(H,37,42);1H/b5-1-;/t20-,22-,26+,27+,32-;/m1./s1. The Kier molecular flexibility index (Phi) is 11.2. The molecule has 17 heteroatoms. The molecule has 49 heavy (non-hydrogen) atoms. The highest BCUT2D eigenvalue weighted by Gasteiger charge is 2.61. The van der Waals surface area contributed by atoms with E-state index in [-0.39, 0.29) is 56.3 Å². The van der Waals surface area contributed by atoms with Crippen LogP contribution >= 0.6 is 35.6 Å². The van der Waals surface area contributed by atoms with Crippen molar-refractivity contribution in [1.82, 2.24) is 19.8 Å².